The van der Waals surface area contributed by atoms with E-state index in [0.717, 1.165) is 18.4 Å². The fourth-order valence-electron chi connectivity index (χ4n) is 2.20. The van der Waals surface area contributed by atoms with Gasteiger partial charge in [0.15, 0.2) is 0 Å². The summed E-state index contributed by atoms with van der Waals surface area (Å²) in [7, 11) is 0. The van der Waals surface area contributed by atoms with Crippen molar-refractivity contribution in [3.8, 4) is 17.9 Å². The van der Waals surface area contributed by atoms with Crippen LogP contribution in [0.1, 0.15) is 31.2 Å². The molecule has 1 unspecified atom stereocenters. The first-order valence-corrected chi connectivity index (χ1v) is 6.54. The SMILES string of the molecule is N#CC1CCCN1C(=O)CCC#Cc1ccccc1. The summed E-state index contributed by atoms with van der Waals surface area (Å²) >= 11 is 0. The Morgan fingerprint density at radius 3 is 2.89 bits per heavy atom. The van der Waals surface area contributed by atoms with Gasteiger partial charge in [-0.15, -0.1) is 0 Å². The Kier molecular flexibility index (Phi) is 4.59. The van der Waals surface area contributed by atoms with Crippen LogP contribution in [0, 0.1) is 23.2 Å². The maximum absolute atomic E-state index is 11.9. The molecule has 0 radical (unpaired) electrons. The summed E-state index contributed by atoms with van der Waals surface area (Å²) in [5, 5.41) is 8.93. The van der Waals surface area contributed by atoms with Gasteiger partial charge in [-0.05, 0) is 25.0 Å². The number of nitrogens with zero attached hydrogens (tertiary/aromatic N) is 2. The third-order valence-electron chi connectivity index (χ3n) is 3.19. The molecule has 1 aliphatic rings. The van der Waals surface area contributed by atoms with E-state index in [0.29, 0.717) is 19.4 Å². The second kappa shape index (κ2) is 6.61. The fourth-order valence-corrected chi connectivity index (χ4v) is 2.20. The molecule has 0 bridgehead atoms. The number of carbonyl (C=O) groups is 1. The number of likely N-dealkylation sites (tertiary alicyclic amines) is 1. The highest BCUT2D eigenvalue weighted by Gasteiger charge is 2.27. The summed E-state index contributed by atoms with van der Waals surface area (Å²) in [6.45, 7) is 0.711. The smallest absolute Gasteiger partial charge is 0.224 e. The summed E-state index contributed by atoms with van der Waals surface area (Å²) in [6, 6.07) is 11.7. The van der Waals surface area contributed by atoms with Gasteiger partial charge >= 0.3 is 0 Å². The Morgan fingerprint density at radius 1 is 1.37 bits per heavy atom. The van der Waals surface area contributed by atoms with E-state index >= 15 is 0 Å². The van der Waals surface area contributed by atoms with E-state index in [9.17, 15) is 4.79 Å². The molecule has 1 amide bonds. The summed E-state index contributed by atoms with van der Waals surface area (Å²) in [5.41, 5.74) is 0.964. The largest absolute Gasteiger partial charge is 0.327 e. The van der Waals surface area contributed by atoms with Crippen LogP contribution in [0.25, 0.3) is 0 Å². The zero-order chi connectivity index (χ0) is 13.5. The molecule has 0 saturated carbocycles. The Hall–Kier alpha value is -2.26. The first-order valence-electron chi connectivity index (χ1n) is 6.54. The van der Waals surface area contributed by atoms with Crippen molar-refractivity contribution in [2.24, 2.45) is 0 Å². The molecule has 1 fully saturated rings. The predicted octanol–water partition coefficient (Wildman–Crippen LogP) is 2.33. The van der Waals surface area contributed by atoms with Crippen molar-refractivity contribution >= 4 is 5.91 Å². The fraction of sp³-hybridized carbons (Fsp3) is 0.375. The number of hydrogen-bond donors (Lipinski definition) is 0. The van der Waals surface area contributed by atoms with Crippen molar-refractivity contribution < 1.29 is 4.79 Å². The molecule has 1 aromatic rings. The van der Waals surface area contributed by atoms with E-state index in [2.05, 4.69) is 17.9 Å². The maximum atomic E-state index is 11.9. The topological polar surface area (TPSA) is 44.1 Å². The summed E-state index contributed by atoms with van der Waals surface area (Å²) in [4.78, 5) is 13.6. The van der Waals surface area contributed by atoms with Gasteiger partial charge < -0.3 is 4.90 Å². The first-order chi connectivity index (χ1) is 9.31. The van der Waals surface area contributed by atoms with Gasteiger partial charge in [-0.2, -0.15) is 5.26 Å². The van der Waals surface area contributed by atoms with E-state index in [-0.39, 0.29) is 11.9 Å². The minimum Gasteiger partial charge on any atom is -0.327 e. The van der Waals surface area contributed by atoms with Crippen LogP contribution >= 0.6 is 0 Å². The maximum Gasteiger partial charge on any atom is 0.224 e. The monoisotopic (exact) mass is 252 g/mol. The normalized spacial score (nSPS) is 17.4. The van der Waals surface area contributed by atoms with Crippen LogP contribution < -0.4 is 0 Å². The molecule has 1 saturated heterocycles. The van der Waals surface area contributed by atoms with Crippen molar-refractivity contribution in [1.82, 2.24) is 4.90 Å². The molecule has 1 aliphatic heterocycles. The second-order valence-electron chi connectivity index (χ2n) is 4.54. The summed E-state index contributed by atoms with van der Waals surface area (Å²) < 4.78 is 0. The van der Waals surface area contributed by atoms with Crippen molar-refractivity contribution in [1.29, 1.82) is 5.26 Å². The Labute approximate surface area is 113 Å². The minimum atomic E-state index is -0.227. The lowest BCUT2D eigenvalue weighted by molar-refractivity contribution is -0.131. The van der Waals surface area contributed by atoms with Gasteiger partial charge in [0, 0.05) is 24.9 Å². The van der Waals surface area contributed by atoms with Gasteiger partial charge in [0.05, 0.1) is 6.07 Å². The Morgan fingerprint density at radius 2 is 2.16 bits per heavy atom. The molecule has 1 atom stereocenters. The van der Waals surface area contributed by atoms with Gasteiger partial charge in [0.1, 0.15) is 6.04 Å². The van der Waals surface area contributed by atoms with Crippen LogP contribution in [-0.4, -0.2) is 23.4 Å². The third-order valence-corrected chi connectivity index (χ3v) is 3.19. The molecular formula is C16H16N2O. The zero-order valence-corrected chi connectivity index (χ0v) is 10.8. The lowest BCUT2D eigenvalue weighted by Gasteiger charge is -2.18. The van der Waals surface area contributed by atoms with Gasteiger partial charge in [-0.25, -0.2) is 0 Å². The van der Waals surface area contributed by atoms with Crippen molar-refractivity contribution in [2.75, 3.05) is 6.54 Å². The highest BCUT2D eigenvalue weighted by atomic mass is 16.2. The number of hydrogen-bond acceptors (Lipinski definition) is 2. The molecule has 96 valence electrons. The van der Waals surface area contributed by atoms with Crippen molar-refractivity contribution in [2.45, 2.75) is 31.7 Å². The second-order valence-corrected chi connectivity index (χ2v) is 4.54. The van der Waals surface area contributed by atoms with E-state index in [1.807, 2.05) is 30.3 Å². The van der Waals surface area contributed by atoms with E-state index in [4.69, 9.17) is 5.26 Å². The lowest BCUT2D eigenvalue weighted by atomic mass is 10.2. The molecule has 2 rings (SSSR count). The number of rotatable bonds is 2. The molecule has 0 N–H and O–H groups in total. The van der Waals surface area contributed by atoms with Crippen LogP contribution in [0.5, 0.6) is 0 Å². The molecule has 3 nitrogen and oxygen atoms in total. The molecule has 1 heterocycles. The molecule has 19 heavy (non-hydrogen) atoms. The Balaban J connectivity index is 1.82. The standard InChI is InChI=1S/C16H16N2O/c17-13-15-10-6-12-18(15)16(19)11-5-4-9-14-7-2-1-3-8-14/h1-3,7-8,15H,5-6,10-12H2. The molecule has 1 aromatic carbocycles. The summed E-state index contributed by atoms with van der Waals surface area (Å²) in [5.74, 6) is 6.09. The van der Waals surface area contributed by atoms with Crippen LogP contribution in [0.15, 0.2) is 30.3 Å². The van der Waals surface area contributed by atoms with Gasteiger partial charge in [-0.1, -0.05) is 30.0 Å². The number of amides is 1. The minimum absolute atomic E-state index is 0.0476. The van der Waals surface area contributed by atoms with Gasteiger partial charge in [0.25, 0.3) is 0 Å². The summed E-state index contributed by atoms with van der Waals surface area (Å²) in [6.07, 6.45) is 2.68. The average molecular weight is 252 g/mol. The highest BCUT2D eigenvalue weighted by Crippen LogP contribution is 2.17. The van der Waals surface area contributed by atoms with Gasteiger partial charge in [-0.3, -0.25) is 4.79 Å². The quantitative estimate of drug-likeness (QED) is 0.758. The Bertz CT molecular complexity index is 533. The van der Waals surface area contributed by atoms with E-state index < -0.39 is 0 Å². The molecule has 0 aromatic heterocycles. The van der Waals surface area contributed by atoms with E-state index in [1.54, 1.807) is 4.90 Å². The van der Waals surface area contributed by atoms with Gasteiger partial charge in [0.2, 0.25) is 5.91 Å². The average Bonchev–Trinajstić information content (AvgIpc) is 2.93. The van der Waals surface area contributed by atoms with Crippen LogP contribution in [-0.2, 0) is 4.79 Å². The highest BCUT2D eigenvalue weighted by molar-refractivity contribution is 5.77. The van der Waals surface area contributed by atoms with Crippen LogP contribution in [0.3, 0.4) is 0 Å². The third kappa shape index (κ3) is 3.60. The lowest BCUT2D eigenvalue weighted by Crippen LogP contribution is -2.34. The first kappa shape index (κ1) is 13.2. The number of benzene rings is 1. The number of carbonyl (C=O) groups excluding carboxylic acids is 1. The number of nitriles is 1. The van der Waals surface area contributed by atoms with Crippen LogP contribution in [0.2, 0.25) is 0 Å². The predicted molar refractivity (Wildman–Crippen MR) is 72.9 cm³/mol. The molecule has 0 spiro atoms. The molecule has 3 heteroatoms. The zero-order valence-electron chi connectivity index (χ0n) is 10.8. The van der Waals surface area contributed by atoms with E-state index in [1.165, 1.54) is 0 Å². The van der Waals surface area contributed by atoms with Crippen LogP contribution in [0.4, 0.5) is 0 Å². The molecule has 0 aliphatic carbocycles. The molecular weight excluding hydrogens is 236 g/mol. The van der Waals surface area contributed by atoms with Crippen molar-refractivity contribution in [3.63, 3.8) is 0 Å². The van der Waals surface area contributed by atoms with Crippen molar-refractivity contribution in [3.05, 3.63) is 35.9 Å².